The monoisotopic (exact) mass is 1230 g/mol. The number of phenols is 5. The number of phenolic OH excluding ortho intramolecular Hbond substituents is 5. The fraction of sp³-hybridized carbons (Fsp3) is 0.0617. The van der Waals surface area contributed by atoms with Gasteiger partial charge in [0.2, 0.25) is 0 Å². The summed E-state index contributed by atoms with van der Waals surface area (Å²) in [6.45, 7) is 6.28. The molecule has 0 aliphatic carbocycles. The number of ether oxygens (including phenoxy) is 3. The Kier molecular flexibility index (Phi) is 26.3. The first-order chi connectivity index (χ1) is 44.0. The number of benzene rings is 11. The van der Waals surface area contributed by atoms with Gasteiger partial charge in [-0.05, 0) is 192 Å². The van der Waals surface area contributed by atoms with E-state index in [2.05, 4.69) is 69.3 Å². The van der Waals surface area contributed by atoms with Crippen LogP contribution in [0.25, 0.3) is 60.8 Å². The van der Waals surface area contributed by atoms with Crippen molar-refractivity contribution in [2.75, 3.05) is 14.2 Å². The highest BCUT2D eigenvalue weighted by molar-refractivity contribution is 6.30. The minimum atomic E-state index is -0.358. The van der Waals surface area contributed by atoms with Gasteiger partial charge in [0.1, 0.15) is 57.6 Å². The lowest BCUT2D eigenvalue weighted by molar-refractivity contribution is 0.407. The van der Waals surface area contributed by atoms with Gasteiger partial charge in [-0.3, -0.25) is 0 Å². The molecule has 0 atom stereocenters. The van der Waals surface area contributed by atoms with Crippen LogP contribution in [0.15, 0.2) is 255 Å². The Labute approximate surface area is 538 Å². The van der Waals surface area contributed by atoms with E-state index in [1.807, 2.05) is 170 Å². The average Bonchev–Trinajstić information content (AvgIpc) is 3.74. The number of aromatic hydroxyl groups is 5. The van der Waals surface area contributed by atoms with Gasteiger partial charge in [-0.1, -0.05) is 223 Å². The van der Waals surface area contributed by atoms with Crippen LogP contribution in [0.3, 0.4) is 0 Å². The van der Waals surface area contributed by atoms with Crippen molar-refractivity contribution in [1.29, 1.82) is 0 Å². The van der Waals surface area contributed by atoms with Crippen molar-refractivity contribution in [1.82, 2.24) is 0 Å². The Hall–Kier alpha value is -11.3. The summed E-state index contributed by atoms with van der Waals surface area (Å²) in [5.41, 5.74) is 13.9. The molecule has 91 heavy (non-hydrogen) atoms. The average molecular weight is 1230 g/mol. The summed E-state index contributed by atoms with van der Waals surface area (Å²) in [4.78, 5) is 0. The molecule has 0 aliphatic heterocycles. The summed E-state index contributed by atoms with van der Waals surface area (Å²) >= 11 is 5.75. The Morgan fingerprint density at radius 3 is 1.13 bits per heavy atom. The fourth-order valence-corrected chi connectivity index (χ4v) is 8.87. The lowest BCUT2D eigenvalue weighted by Crippen LogP contribution is -1.83. The van der Waals surface area contributed by atoms with Crippen molar-refractivity contribution in [2.45, 2.75) is 20.8 Å². The van der Waals surface area contributed by atoms with Gasteiger partial charge in [0, 0.05) is 11.1 Å². The number of aryl methyl sites for hydroxylation is 3. The van der Waals surface area contributed by atoms with Gasteiger partial charge in [0.05, 0.1) is 14.2 Å². The van der Waals surface area contributed by atoms with Crippen LogP contribution >= 0.6 is 11.6 Å². The fourth-order valence-electron chi connectivity index (χ4n) is 8.64. The van der Waals surface area contributed by atoms with E-state index in [4.69, 9.17) is 30.9 Å². The molecule has 5 N–H and O–H groups in total. The van der Waals surface area contributed by atoms with E-state index in [9.17, 15) is 24.8 Å². The highest BCUT2D eigenvalue weighted by Gasteiger charge is 2.02. The first-order valence-electron chi connectivity index (χ1n) is 29.0. The van der Waals surface area contributed by atoms with E-state index in [1.165, 1.54) is 34.4 Å². The van der Waals surface area contributed by atoms with Gasteiger partial charge in [-0.2, -0.15) is 0 Å². The summed E-state index contributed by atoms with van der Waals surface area (Å²) in [5.74, 6) is 4.01. The number of para-hydroxylation sites is 1. The van der Waals surface area contributed by atoms with E-state index in [1.54, 1.807) is 99.2 Å². The second-order valence-corrected chi connectivity index (χ2v) is 21.2. The summed E-state index contributed by atoms with van der Waals surface area (Å²) in [6.07, 6.45) is 19.7. The van der Waals surface area contributed by atoms with Gasteiger partial charge in [-0.25, -0.2) is 4.39 Å². The lowest BCUT2D eigenvalue weighted by atomic mass is 10.1. The molecule has 0 saturated carbocycles. The number of hydrogen-bond acceptors (Lipinski definition) is 8. The van der Waals surface area contributed by atoms with Crippen molar-refractivity contribution in [3.8, 4) is 51.7 Å². The highest BCUT2D eigenvalue weighted by atomic mass is 35.5. The van der Waals surface area contributed by atoms with Crippen LogP contribution in [0.5, 0.6) is 51.7 Å². The third kappa shape index (κ3) is 25.2. The van der Waals surface area contributed by atoms with E-state index in [0.29, 0.717) is 27.8 Å². The lowest BCUT2D eigenvalue weighted by Gasteiger charge is -2.05. The Morgan fingerprint density at radius 2 is 0.659 bits per heavy atom. The molecule has 0 amide bonds. The quantitative estimate of drug-likeness (QED) is 0.0681. The topological polar surface area (TPSA) is 129 Å². The number of halogens is 2. The molecule has 0 unspecified atom stereocenters. The molecule has 0 aliphatic rings. The molecule has 0 bridgehead atoms. The van der Waals surface area contributed by atoms with Gasteiger partial charge >= 0.3 is 0 Å². The summed E-state index contributed by atoms with van der Waals surface area (Å²) in [6, 6.07) is 77.9. The number of rotatable bonds is 14. The minimum absolute atomic E-state index is 0.189. The van der Waals surface area contributed by atoms with Crippen molar-refractivity contribution < 1.29 is 44.1 Å². The van der Waals surface area contributed by atoms with Crippen molar-refractivity contribution in [2.24, 2.45) is 0 Å². The largest absolute Gasteiger partial charge is 0.508 e. The molecular weight excluding hydrogens is 1160 g/mol. The van der Waals surface area contributed by atoms with E-state index in [-0.39, 0.29) is 23.1 Å². The molecule has 0 radical (unpaired) electrons. The molecule has 11 aromatic carbocycles. The summed E-state index contributed by atoms with van der Waals surface area (Å²) in [7, 11) is 3.22. The first-order valence-corrected chi connectivity index (χ1v) is 29.4. The zero-order chi connectivity index (χ0) is 64.7. The maximum Gasteiger partial charge on any atom is 0.128 e. The SMILES string of the molecule is COc1ccc(/C=C/c2cc(O)cc(OC)c2)cc1.Cc1cc(C)cc(/C=C/c2ccc(O)cc2)c1.Cc1ccc(/C=C/c2cccc(O)c2)cc1.Oc1ccc(/C=C/c2cc(F)cc(Cl)c2)cc1.Oc1ccc(/C=C/c2cccc(Oc3ccccc3)c2)cc1. The van der Waals surface area contributed by atoms with Crippen molar-refractivity contribution >= 4 is 72.4 Å². The van der Waals surface area contributed by atoms with Crippen LogP contribution in [-0.4, -0.2) is 39.8 Å². The van der Waals surface area contributed by atoms with E-state index >= 15 is 0 Å². The molecule has 11 rings (SSSR count). The normalized spacial score (nSPS) is 10.8. The third-order valence-corrected chi connectivity index (χ3v) is 13.4. The first kappa shape index (κ1) is 67.3. The van der Waals surface area contributed by atoms with Gasteiger partial charge in [0.25, 0.3) is 0 Å². The maximum absolute atomic E-state index is 13.1. The van der Waals surface area contributed by atoms with Crippen LogP contribution in [0.2, 0.25) is 5.02 Å². The smallest absolute Gasteiger partial charge is 0.128 e. The molecule has 0 saturated heterocycles. The number of methoxy groups -OCH3 is 2. The van der Waals surface area contributed by atoms with Gasteiger partial charge in [-0.15, -0.1) is 0 Å². The Morgan fingerprint density at radius 1 is 0.275 bits per heavy atom. The van der Waals surface area contributed by atoms with Crippen LogP contribution in [0.1, 0.15) is 72.3 Å². The zero-order valence-electron chi connectivity index (χ0n) is 51.2. The second kappa shape index (κ2) is 35.5. The van der Waals surface area contributed by atoms with Crippen LogP contribution in [0, 0.1) is 26.6 Å². The second-order valence-electron chi connectivity index (χ2n) is 20.8. The van der Waals surface area contributed by atoms with E-state index in [0.717, 1.165) is 61.8 Å². The number of hydrogen-bond donors (Lipinski definition) is 5. The van der Waals surface area contributed by atoms with E-state index < -0.39 is 0 Å². The summed E-state index contributed by atoms with van der Waals surface area (Å²) < 4.78 is 29.1. The maximum atomic E-state index is 13.1. The van der Waals surface area contributed by atoms with Crippen molar-refractivity contribution in [3.63, 3.8) is 0 Å². The molecule has 10 heteroatoms. The molecule has 11 aromatic rings. The predicted octanol–water partition coefficient (Wildman–Crippen LogP) is 21.3. The molecule has 458 valence electrons. The molecular formula is C81H72ClFO8. The van der Waals surface area contributed by atoms with Crippen molar-refractivity contribution in [3.05, 3.63) is 338 Å². The molecule has 0 spiro atoms. The van der Waals surface area contributed by atoms with Crippen LogP contribution in [0.4, 0.5) is 4.39 Å². The summed E-state index contributed by atoms with van der Waals surface area (Å²) in [5, 5.41) is 46.8. The molecule has 0 heterocycles. The zero-order valence-corrected chi connectivity index (χ0v) is 52.0. The van der Waals surface area contributed by atoms with Gasteiger partial charge < -0.3 is 39.7 Å². The molecule has 0 aromatic heterocycles. The van der Waals surface area contributed by atoms with Gasteiger partial charge in [0.15, 0.2) is 0 Å². The molecule has 0 fully saturated rings. The minimum Gasteiger partial charge on any atom is -0.508 e. The Balaban J connectivity index is 0.000000162. The Bertz CT molecular complexity index is 4030. The standard InChI is InChI=1S/C20H16O2.C16H16O3.C16H16O.C15H14O.C14H10ClFO/c21-18-13-11-16(12-14-18)9-10-17-5-4-8-20(15-17)22-19-6-2-1-3-7-19;1-18-15-7-5-12(6-8-15)3-4-13-9-14(17)11-16(10-13)19-2;1-12-9-13(2)11-15(10-12)4-3-14-5-7-16(17)8-6-14;1-12-5-7-13(8-6-12)9-10-14-3-2-4-15(16)11-14;15-12-7-11(8-13(16)9-12)2-1-10-3-5-14(17)6-4-10/h1-15,21H;3-11,17H,1-2H3;3-11,17H,1-2H3;2-11,16H,1H3;1-9,17H/b10-9+;2*4-3+;10-9+;2-1+. The highest BCUT2D eigenvalue weighted by Crippen LogP contribution is 2.26. The van der Waals surface area contributed by atoms with Crippen LogP contribution < -0.4 is 14.2 Å². The molecule has 8 nitrogen and oxygen atoms in total. The van der Waals surface area contributed by atoms with Crippen LogP contribution in [-0.2, 0) is 0 Å². The third-order valence-electron chi connectivity index (χ3n) is 13.2. The predicted molar refractivity (Wildman–Crippen MR) is 376 cm³/mol.